The topological polar surface area (TPSA) is 61.8 Å². The van der Waals surface area contributed by atoms with E-state index in [1.165, 1.54) is 0 Å². The molecule has 1 aromatic rings. The number of carbonyl (C=O) groups excluding carboxylic acids is 2. The van der Waals surface area contributed by atoms with Crippen molar-refractivity contribution in [3.05, 3.63) is 28.2 Å². The fourth-order valence-electron chi connectivity index (χ4n) is 1.20. The van der Waals surface area contributed by atoms with Gasteiger partial charge in [-0.3, -0.25) is 0 Å². The molecular weight excluding hydrogens is 307 g/mol. The minimum atomic E-state index is -0.705. The Bertz CT molecular complexity index is 456. The molecule has 0 heterocycles. The molecule has 0 aliphatic rings. The Labute approximate surface area is 126 Å². The van der Waals surface area contributed by atoms with Crippen molar-refractivity contribution in [1.29, 1.82) is 0 Å². The van der Waals surface area contributed by atoms with Gasteiger partial charge in [0, 0.05) is 0 Å². The molecule has 0 unspecified atom stereocenters. The average molecular weight is 321 g/mol. The highest BCUT2D eigenvalue weighted by Crippen LogP contribution is 2.32. The van der Waals surface area contributed by atoms with Crippen LogP contribution in [0.4, 0.5) is 0 Å². The molecule has 20 heavy (non-hydrogen) atoms. The Hall–Kier alpha value is -1.30. The van der Waals surface area contributed by atoms with Gasteiger partial charge >= 0.3 is 11.9 Å². The summed E-state index contributed by atoms with van der Waals surface area (Å²) in [6.07, 6.45) is 0.721. The standard InChI is InChI=1S/C13H14Cl2O5/c1-2-6-19-11(16)7-18-8-12(17)20-13-9(14)4-3-5-10(13)15/h3-5H,2,6-8H2,1H3. The van der Waals surface area contributed by atoms with Crippen molar-refractivity contribution in [3.8, 4) is 5.75 Å². The minimum Gasteiger partial charge on any atom is -0.464 e. The summed E-state index contributed by atoms with van der Waals surface area (Å²) in [7, 11) is 0. The first-order valence-corrected chi connectivity index (χ1v) is 6.68. The van der Waals surface area contributed by atoms with Crippen LogP contribution < -0.4 is 4.74 Å². The zero-order chi connectivity index (χ0) is 15.0. The Balaban J connectivity index is 2.36. The van der Waals surface area contributed by atoms with Gasteiger partial charge in [0.1, 0.15) is 13.2 Å². The second kappa shape index (κ2) is 8.79. The normalized spacial score (nSPS) is 10.2. The van der Waals surface area contributed by atoms with Gasteiger partial charge in [0.15, 0.2) is 5.75 Å². The lowest BCUT2D eigenvalue weighted by atomic mass is 10.3. The lowest BCUT2D eigenvalue weighted by molar-refractivity contribution is -0.151. The molecule has 0 spiro atoms. The third-order valence-corrected chi connectivity index (χ3v) is 2.64. The second-order valence-corrected chi connectivity index (χ2v) is 4.55. The second-order valence-electron chi connectivity index (χ2n) is 3.74. The highest BCUT2D eigenvalue weighted by Gasteiger charge is 2.13. The Morgan fingerprint density at radius 2 is 1.70 bits per heavy atom. The molecule has 0 aromatic heterocycles. The number of hydrogen-bond donors (Lipinski definition) is 0. The Morgan fingerprint density at radius 1 is 1.10 bits per heavy atom. The molecule has 0 bridgehead atoms. The maximum atomic E-state index is 11.5. The summed E-state index contributed by atoms with van der Waals surface area (Å²) in [6.45, 7) is 1.48. The largest absolute Gasteiger partial charge is 0.464 e. The van der Waals surface area contributed by atoms with E-state index in [4.69, 9.17) is 37.4 Å². The van der Waals surface area contributed by atoms with E-state index in [-0.39, 0.29) is 22.4 Å². The number of hydrogen-bond acceptors (Lipinski definition) is 5. The number of benzene rings is 1. The predicted molar refractivity (Wildman–Crippen MR) is 74.2 cm³/mol. The molecule has 0 aliphatic heterocycles. The van der Waals surface area contributed by atoms with Crippen LogP contribution in [0, 0.1) is 0 Å². The summed E-state index contributed by atoms with van der Waals surface area (Å²) in [5.74, 6) is -1.17. The summed E-state index contributed by atoms with van der Waals surface area (Å²) < 4.78 is 14.6. The SMILES string of the molecule is CCCOC(=O)COCC(=O)Oc1c(Cl)cccc1Cl. The Kier molecular flexibility index (Phi) is 7.36. The van der Waals surface area contributed by atoms with Crippen LogP contribution in [0.15, 0.2) is 18.2 Å². The van der Waals surface area contributed by atoms with E-state index in [9.17, 15) is 9.59 Å². The molecule has 0 saturated heterocycles. The lowest BCUT2D eigenvalue weighted by Gasteiger charge is -2.08. The summed E-state index contributed by atoms with van der Waals surface area (Å²) in [5.41, 5.74) is 0. The number of ether oxygens (including phenoxy) is 3. The van der Waals surface area contributed by atoms with Gasteiger partial charge in [-0.2, -0.15) is 0 Å². The van der Waals surface area contributed by atoms with Gasteiger partial charge in [0.25, 0.3) is 0 Å². The first-order chi connectivity index (χ1) is 9.54. The molecule has 0 atom stereocenters. The van der Waals surface area contributed by atoms with Crippen molar-refractivity contribution in [2.45, 2.75) is 13.3 Å². The first-order valence-electron chi connectivity index (χ1n) is 5.92. The number of halogens is 2. The van der Waals surface area contributed by atoms with Crippen LogP contribution in [0.25, 0.3) is 0 Å². The lowest BCUT2D eigenvalue weighted by Crippen LogP contribution is -2.20. The van der Waals surface area contributed by atoms with Crippen molar-refractivity contribution in [3.63, 3.8) is 0 Å². The predicted octanol–water partition coefficient (Wildman–Crippen LogP) is 2.87. The molecule has 110 valence electrons. The third kappa shape index (κ3) is 5.77. The summed E-state index contributed by atoms with van der Waals surface area (Å²) in [6, 6.07) is 4.71. The van der Waals surface area contributed by atoms with Crippen molar-refractivity contribution < 1.29 is 23.8 Å². The van der Waals surface area contributed by atoms with Gasteiger partial charge < -0.3 is 14.2 Å². The number of esters is 2. The molecule has 0 aliphatic carbocycles. The van der Waals surface area contributed by atoms with Gasteiger partial charge in [-0.1, -0.05) is 36.2 Å². The summed E-state index contributed by atoms with van der Waals surface area (Å²) in [4.78, 5) is 22.6. The quantitative estimate of drug-likeness (QED) is 0.571. The molecule has 7 heteroatoms. The van der Waals surface area contributed by atoms with Gasteiger partial charge in [-0.25, -0.2) is 9.59 Å². The zero-order valence-corrected chi connectivity index (χ0v) is 12.4. The van der Waals surface area contributed by atoms with E-state index in [0.717, 1.165) is 6.42 Å². The molecule has 1 rings (SSSR count). The van der Waals surface area contributed by atoms with Gasteiger partial charge in [0.2, 0.25) is 0 Å². The summed E-state index contributed by atoms with van der Waals surface area (Å²) in [5, 5.41) is 0.432. The molecule has 0 radical (unpaired) electrons. The van der Waals surface area contributed by atoms with Crippen molar-refractivity contribution >= 4 is 35.1 Å². The minimum absolute atomic E-state index is 0.0676. The van der Waals surface area contributed by atoms with Crippen molar-refractivity contribution in [2.24, 2.45) is 0 Å². The molecule has 0 N–H and O–H groups in total. The molecule has 5 nitrogen and oxygen atoms in total. The van der Waals surface area contributed by atoms with Crippen LogP contribution in [0.3, 0.4) is 0 Å². The van der Waals surface area contributed by atoms with E-state index in [1.54, 1.807) is 18.2 Å². The molecule has 0 saturated carbocycles. The van der Waals surface area contributed by atoms with Gasteiger partial charge in [-0.15, -0.1) is 0 Å². The van der Waals surface area contributed by atoms with Crippen molar-refractivity contribution in [2.75, 3.05) is 19.8 Å². The van der Waals surface area contributed by atoms with Crippen LogP contribution in [0.2, 0.25) is 10.0 Å². The fourth-order valence-corrected chi connectivity index (χ4v) is 1.67. The number of carbonyl (C=O) groups is 2. The fraction of sp³-hybridized carbons (Fsp3) is 0.385. The number of para-hydroxylation sites is 1. The average Bonchev–Trinajstić information content (AvgIpc) is 2.41. The molecule has 0 amide bonds. The molecular formula is C13H14Cl2O5. The first kappa shape index (κ1) is 16.8. The van der Waals surface area contributed by atoms with Gasteiger partial charge in [-0.05, 0) is 18.6 Å². The summed E-state index contributed by atoms with van der Waals surface area (Å²) >= 11 is 11.7. The molecule has 0 fully saturated rings. The van der Waals surface area contributed by atoms with E-state index in [0.29, 0.717) is 6.61 Å². The van der Waals surface area contributed by atoms with Crippen LogP contribution in [0.1, 0.15) is 13.3 Å². The van der Waals surface area contributed by atoms with Crippen LogP contribution in [-0.4, -0.2) is 31.8 Å². The van der Waals surface area contributed by atoms with E-state index in [1.807, 2.05) is 6.92 Å². The monoisotopic (exact) mass is 320 g/mol. The van der Waals surface area contributed by atoms with Crippen LogP contribution in [-0.2, 0) is 19.1 Å². The zero-order valence-electron chi connectivity index (χ0n) is 10.9. The van der Waals surface area contributed by atoms with Gasteiger partial charge in [0.05, 0.1) is 16.7 Å². The van der Waals surface area contributed by atoms with E-state index < -0.39 is 18.5 Å². The van der Waals surface area contributed by atoms with Crippen LogP contribution >= 0.6 is 23.2 Å². The highest BCUT2D eigenvalue weighted by atomic mass is 35.5. The number of rotatable bonds is 7. The smallest absolute Gasteiger partial charge is 0.337 e. The maximum absolute atomic E-state index is 11.5. The van der Waals surface area contributed by atoms with Crippen LogP contribution in [0.5, 0.6) is 5.75 Å². The third-order valence-electron chi connectivity index (χ3n) is 2.04. The van der Waals surface area contributed by atoms with E-state index in [2.05, 4.69) is 0 Å². The Morgan fingerprint density at radius 3 is 2.30 bits per heavy atom. The highest BCUT2D eigenvalue weighted by molar-refractivity contribution is 6.37. The molecule has 1 aromatic carbocycles. The van der Waals surface area contributed by atoms with E-state index >= 15 is 0 Å². The maximum Gasteiger partial charge on any atom is 0.337 e. The van der Waals surface area contributed by atoms with Crippen molar-refractivity contribution in [1.82, 2.24) is 0 Å².